The molecule has 1 aromatic rings. The van der Waals surface area contributed by atoms with E-state index in [9.17, 15) is 8.78 Å². The van der Waals surface area contributed by atoms with Crippen molar-refractivity contribution in [1.29, 1.82) is 0 Å². The fourth-order valence-corrected chi connectivity index (χ4v) is 1.69. The molecular formula is C12H15ClF2. The summed E-state index contributed by atoms with van der Waals surface area (Å²) in [6, 6.07) is 2.47. The Morgan fingerprint density at radius 3 is 2.40 bits per heavy atom. The first-order valence-electron chi connectivity index (χ1n) is 5.07. The lowest BCUT2D eigenvalue weighted by atomic mass is 9.94. The topological polar surface area (TPSA) is 0 Å². The summed E-state index contributed by atoms with van der Waals surface area (Å²) in [4.78, 5) is 0. The van der Waals surface area contributed by atoms with Gasteiger partial charge in [0.05, 0.1) is 0 Å². The maximum Gasteiger partial charge on any atom is 0.127 e. The zero-order valence-electron chi connectivity index (χ0n) is 9.15. The molecule has 84 valence electrons. The molecule has 0 aliphatic carbocycles. The molecule has 2 unspecified atom stereocenters. The van der Waals surface area contributed by atoms with Gasteiger partial charge >= 0.3 is 0 Å². The molecule has 2 atom stereocenters. The van der Waals surface area contributed by atoms with Crippen LogP contribution in [0.3, 0.4) is 0 Å². The zero-order chi connectivity index (χ0) is 11.6. The molecule has 0 N–H and O–H groups in total. The van der Waals surface area contributed by atoms with Crippen LogP contribution < -0.4 is 0 Å². The van der Waals surface area contributed by atoms with Crippen molar-refractivity contribution >= 4 is 11.6 Å². The van der Waals surface area contributed by atoms with Crippen LogP contribution in [-0.2, 0) is 0 Å². The SMILES string of the molecule is CCC(Cl)C(C)c1cc(F)c(C)cc1F. The highest BCUT2D eigenvalue weighted by Gasteiger charge is 2.19. The fourth-order valence-electron chi connectivity index (χ4n) is 1.56. The molecule has 1 aromatic carbocycles. The number of alkyl halides is 1. The van der Waals surface area contributed by atoms with E-state index >= 15 is 0 Å². The van der Waals surface area contributed by atoms with Gasteiger partial charge in [0.1, 0.15) is 11.6 Å². The summed E-state index contributed by atoms with van der Waals surface area (Å²) in [5.74, 6) is -0.925. The van der Waals surface area contributed by atoms with Gasteiger partial charge in [0.15, 0.2) is 0 Å². The van der Waals surface area contributed by atoms with Gasteiger partial charge in [-0.2, -0.15) is 0 Å². The lowest BCUT2D eigenvalue weighted by Crippen LogP contribution is -2.11. The van der Waals surface area contributed by atoms with E-state index in [4.69, 9.17) is 11.6 Å². The minimum absolute atomic E-state index is 0.165. The molecule has 0 heterocycles. The van der Waals surface area contributed by atoms with Crippen LogP contribution in [0.25, 0.3) is 0 Å². The van der Waals surface area contributed by atoms with E-state index in [-0.39, 0.29) is 22.9 Å². The van der Waals surface area contributed by atoms with Gasteiger partial charge in [-0.05, 0) is 36.6 Å². The summed E-state index contributed by atoms with van der Waals surface area (Å²) in [6.07, 6.45) is 0.734. The van der Waals surface area contributed by atoms with E-state index in [0.29, 0.717) is 11.1 Å². The third-order valence-corrected chi connectivity index (χ3v) is 3.39. The van der Waals surface area contributed by atoms with E-state index in [1.165, 1.54) is 12.1 Å². The predicted molar refractivity (Wildman–Crippen MR) is 59.4 cm³/mol. The van der Waals surface area contributed by atoms with Crippen LogP contribution in [0, 0.1) is 18.6 Å². The van der Waals surface area contributed by atoms with Crippen LogP contribution in [0.2, 0.25) is 0 Å². The molecule has 0 nitrogen and oxygen atoms in total. The van der Waals surface area contributed by atoms with Crippen molar-refractivity contribution in [3.63, 3.8) is 0 Å². The van der Waals surface area contributed by atoms with Gasteiger partial charge in [0, 0.05) is 11.3 Å². The molecule has 0 radical (unpaired) electrons. The van der Waals surface area contributed by atoms with E-state index in [1.807, 2.05) is 13.8 Å². The van der Waals surface area contributed by atoms with Gasteiger partial charge in [-0.1, -0.05) is 13.8 Å². The minimum atomic E-state index is -0.377. The maximum atomic E-state index is 13.6. The Labute approximate surface area is 94.3 Å². The number of hydrogen-bond donors (Lipinski definition) is 0. The lowest BCUT2D eigenvalue weighted by Gasteiger charge is -2.18. The Kier molecular flexibility index (Phi) is 4.09. The Hall–Kier alpha value is -0.630. The molecule has 0 bridgehead atoms. The van der Waals surface area contributed by atoms with E-state index in [1.54, 1.807) is 6.92 Å². The molecule has 0 spiro atoms. The lowest BCUT2D eigenvalue weighted by molar-refractivity contribution is 0.552. The first-order chi connectivity index (χ1) is 6.97. The molecule has 0 aliphatic heterocycles. The summed E-state index contributed by atoms with van der Waals surface area (Å²) >= 11 is 6.03. The fraction of sp³-hybridized carbons (Fsp3) is 0.500. The average molecular weight is 233 g/mol. The standard InChI is InChI=1S/C12H15ClF2/c1-4-10(13)8(3)9-6-11(14)7(2)5-12(9)15/h5-6,8,10H,4H2,1-3H3. The summed E-state index contributed by atoms with van der Waals surface area (Å²) in [7, 11) is 0. The average Bonchev–Trinajstić information content (AvgIpc) is 2.21. The molecule has 0 aromatic heterocycles. The molecule has 0 amide bonds. The van der Waals surface area contributed by atoms with E-state index < -0.39 is 0 Å². The van der Waals surface area contributed by atoms with Gasteiger partial charge in [-0.15, -0.1) is 11.6 Å². The van der Waals surface area contributed by atoms with Crippen molar-refractivity contribution in [1.82, 2.24) is 0 Å². The van der Waals surface area contributed by atoms with Crippen LogP contribution in [0.5, 0.6) is 0 Å². The summed E-state index contributed by atoms with van der Waals surface area (Å²) in [5, 5.41) is -0.165. The van der Waals surface area contributed by atoms with E-state index in [2.05, 4.69) is 0 Å². The predicted octanol–water partition coefficient (Wildman–Crippen LogP) is 4.39. The van der Waals surface area contributed by atoms with Gasteiger partial charge in [-0.25, -0.2) is 8.78 Å². The molecule has 0 fully saturated rings. The Morgan fingerprint density at radius 2 is 1.87 bits per heavy atom. The summed E-state index contributed by atoms with van der Waals surface area (Å²) in [6.45, 7) is 5.29. The number of rotatable bonds is 3. The minimum Gasteiger partial charge on any atom is -0.207 e. The number of aryl methyl sites for hydroxylation is 1. The maximum absolute atomic E-state index is 13.6. The normalized spacial score (nSPS) is 15.1. The quantitative estimate of drug-likeness (QED) is 0.678. The molecule has 15 heavy (non-hydrogen) atoms. The van der Waals surface area contributed by atoms with Crippen molar-refractivity contribution < 1.29 is 8.78 Å². The van der Waals surface area contributed by atoms with Gasteiger partial charge in [0.2, 0.25) is 0 Å². The van der Waals surface area contributed by atoms with Gasteiger partial charge in [-0.3, -0.25) is 0 Å². The van der Waals surface area contributed by atoms with Crippen molar-refractivity contribution in [3.05, 3.63) is 34.9 Å². The van der Waals surface area contributed by atoms with Crippen molar-refractivity contribution in [2.24, 2.45) is 0 Å². The second-order valence-electron chi connectivity index (χ2n) is 3.84. The number of halogens is 3. The highest BCUT2D eigenvalue weighted by Crippen LogP contribution is 2.28. The number of hydrogen-bond acceptors (Lipinski definition) is 0. The Morgan fingerprint density at radius 1 is 1.27 bits per heavy atom. The molecule has 0 saturated carbocycles. The molecule has 1 rings (SSSR count). The van der Waals surface area contributed by atoms with Crippen molar-refractivity contribution in [2.75, 3.05) is 0 Å². The van der Waals surface area contributed by atoms with Gasteiger partial charge < -0.3 is 0 Å². The first kappa shape index (κ1) is 12.4. The van der Waals surface area contributed by atoms with Crippen molar-refractivity contribution in [2.45, 2.75) is 38.5 Å². The molecule has 0 saturated heterocycles. The van der Waals surface area contributed by atoms with Crippen LogP contribution in [0.15, 0.2) is 12.1 Å². The van der Waals surface area contributed by atoms with Crippen LogP contribution in [0.1, 0.15) is 37.3 Å². The summed E-state index contributed by atoms with van der Waals surface area (Å²) < 4.78 is 26.8. The second kappa shape index (κ2) is 4.93. The highest BCUT2D eigenvalue weighted by atomic mass is 35.5. The van der Waals surface area contributed by atoms with Crippen molar-refractivity contribution in [3.8, 4) is 0 Å². The second-order valence-corrected chi connectivity index (χ2v) is 4.40. The number of benzene rings is 1. The zero-order valence-corrected chi connectivity index (χ0v) is 9.91. The third kappa shape index (κ3) is 2.69. The smallest absolute Gasteiger partial charge is 0.127 e. The molecular weight excluding hydrogens is 218 g/mol. The highest BCUT2D eigenvalue weighted by molar-refractivity contribution is 6.21. The van der Waals surface area contributed by atoms with Gasteiger partial charge in [0.25, 0.3) is 0 Å². The van der Waals surface area contributed by atoms with Crippen LogP contribution in [0.4, 0.5) is 8.78 Å². The monoisotopic (exact) mass is 232 g/mol. The first-order valence-corrected chi connectivity index (χ1v) is 5.50. The van der Waals surface area contributed by atoms with Crippen LogP contribution >= 0.6 is 11.6 Å². The van der Waals surface area contributed by atoms with E-state index in [0.717, 1.165) is 6.42 Å². The molecule has 0 aliphatic rings. The Bertz CT molecular complexity index is 350. The Balaban J connectivity index is 3.09. The summed E-state index contributed by atoms with van der Waals surface area (Å²) in [5.41, 5.74) is 0.686. The molecule has 3 heteroatoms. The third-order valence-electron chi connectivity index (χ3n) is 2.70. The van der Waals surface area contributed by atoms with Crippen LogP contribution in [-0.4, -0.2) is 5.38 Å². The largest absolute Gasteiger partial charge is 0.207 e.